The van der Waals surface area contributed by atoms with E-state index in [0.29, 0.717) is 13.1 Å². The van der Waals surface area contributed by atoms with Gasteiger partial charge in [-0.05, 0) is 54.4 Å². The molecule has 4 heteroatoms. The molecule has 0 unspecified atom stereocenters. The number of amides is 1. The lowest BCUT2D eigenvalue weighted by Gasteiger charge is -2.21. The summed E-state index contributed by atoms with van der Waals surface area (Å²) in [4.78, 5) is 13.7. The van der Waals surface area contributed by atoms with Crippen LogP contribution < -0.4 is 15.4 Å². The van der Waals surface area contributed by atoms with Crippen molar-refractivity contribution in [1.82, 2.24) is 0 Å². The summed E-state index contributed by atoms with van der Waals surface area (Å²) in [5.74, 6) is 0.890. The number of benzene rings is 2. The minimum Gasteiger partial charge on any atom is -0.497 e. The molecular formula is C17H22N2O2. The third-order valence-electron chi connectivity index (χ3n) is 3.56. The van der Waals surface area contributed by atoms with E-state index < -0.39 is 0 Å². The van der Waals surface area contributed by atoms with E-state index in [2.05, 4.69) is 0 Å². The monoisotopic (exact) mass is 286 g/mol. The maximum absolute atomic E-state index is 11.8. The van der Waals surface area contributed by atoms with Crippen LogP contribution in [0.1, 0.15) is 19.8 Å². The number of anilines is 1. The van der Waals surface area contributed by atoms with Crippen molar-refractivity contribution in [3.63, 3.8) is 0 Å². The van der Waals surface area contributed by atoms with Gasteiger partial charge in [0.05, 0.1) is 7.11 Å². The predicted molar refractivity (Wildman–Crippen MR) is 86.8 cm³/mol. The number of fused-ring (bicyclic) bond motifs is 1. The standard InChI is InChI=1S/C17H22N2O2/c1-13(20)19(10-4-3-9-18)16-7-5-15-12-17(21-2)8-6-14(15)11-16/h5-8,11-12H,3-4,9-10,18H2,1-2H3. The minimum atomic E-state index is 0.0554. The topological polar surface area (TPSA) is 55.6 Å². The number of hydrogen-bond donors (Lipinski definition) is 1. The van der Waals surface area contributed by atoms with Crippen molar-refractivity contribution in [3.05, 3.63) is 36.4 Å². The van der Waals surface area contributed by atoms with Crippen LogP contribution in [-0.2, 0) is 4.79 Å². The second kappa shape index (κ2) is 7.09. The molecule has 0 atom stereocenters. The molecule has 4 nitrogen and oxygen atoms in total. The molecule has 112 valence electrons. The van der Waals surface area contributed by atoms with E-state index in [-0.39, 0.29) is 5.91 Å². The normalized spacial score (nSPS) is 10.6. The molecule has 0 saturated heterocycles. The lowest BCUT2D eigenvalue weighted by Crippen LogP contribution is -2.29. The molecule has 0 bridgehead atoms. The smallest absolute Gasteiger partial charge is 0.223 e. The summed E-state index contributed by atoms with van der Waals surface area (Å²) in [6.45, 7) is 2.96. The number of unbranched alkanes of at least 4 members (excludes halogenated alkanes) is 1. The van der Waals surface area contributed by atoms with E-state index in [9.17, 15) is 4.79 Å². The number of carbonyl (C=O) groups is 1. The quantitative estimate of drug-likeness (QED) is 0.831. The van der Waals surface area contributed by atoms with Gasteiger partial charge in [0.1, 0.15) is 5.75 Å². The summed E-state index contributed by atoms with van der Waals surface area (Å²) in [6.07, 6.45) is 1.84. The van der Waals surface area contributed by atoms with Crippen molar-refractivity contribution >= 4 is 22.4 Å². The second-order valence-corrected chi connectivity index (χ2v) is 5.06. The number of carbonyl (C=O) groups excluding carboxylic acids is 1. The highest BCUT2D eigenvalue weighted by molar-refractivity contribution is 5.95. The maximum atomic E-state index is 11.8. The molecule has 2 N–H and O–H groups in total. The van der Waals surface area contributed by atoms with Gasteiger partial charge in [0, 0.05) is 19.2 Å². The molecule has 0 saturated carbocycles. The summed E-state index contributed by atoms with van der Waals surface area (Å²) < 4.78 is 5.23. The first-order valence-electron chi connectivity index (χ1n) is 7.21. The first-order chi connectivity index (χ1) is 10.2. The summed E-state index contributed by atoms with van der Waals surface area (Å²) in [5.41, 5.74) is 6.44. The van der Waals surface area contributed by atoms with Crippen LogP contribution in [0.15, 0.2) is 36.4 Å². The van der Waals surface area contributed by atoms with E-state index in [0.717, 1.165) is 35.1 Å². The van der Waals surface area contributed by atoms with E-state index in [1.165, 1.54) is 0 Å². The minimum absolute atomic E-state index is 0.0554. The van der Waals surface area contributed by atoms with Gasteiger partial charge < -0.3 is 15.4 Å². The molecule has 0 aliphatic heterocycles. The van der Waals surface area contributed by atoms with Crippen LogP contribution in [0, 0.1) is 0 Å². The Kier molecular flexibility index (Phi) is 5.17. The van der Waals surface area contributed by atoms with Crippen LogP contribution >= 0.6 is 0 Å². The average Bonchev–Trinajstić information content (AvgIpc) is 2.50. The van der Waals surface area contributed by atoms with Gasteiger partial charge in [-0.2, -0.15) is 0 Å². The Balaban J connectivity index is 2.28. The maximum Gasteiger partial charge on any atom is 0.223 e. The molecule has 0 radical (unpaired) electrons. The molecule has 0 spiro atoms. The molecular weight excluding hydrogens is 264 g/mol. The van der Waals surface area contributed by atoms with Gasteiger partial charge >= 0.3 is 0 Å². The molecule has 0 aliphatic carbocycles. The molecule has 2 aromatic rings. The van der Waals surface area contributed by atoms with Crippen molar-refractivity contribution in [3.8, 4) is 5.75 Å². The zero-order valence-corrected chi connectivity index (χ0v) is 12.6. The van der Waals surface area contributed by atoms with Crippen LogP contribution in [0.2, 0.25) is 0 Å². The number of nitrogens with two attached hydrogens (primary N) is 1. The molecule has 0 aromatic heterocycles. The van der Waals surface area contributed by atoms with Crippen molar-refractivity contribution in [2.24, 2.45) is 5.73 Å². The van der Waals surface area contributed by atoms with Crippen molar-refractivity contribution in [2.45, 2.75) is 19.8 Å². The zero-order valence-electron chi connectivity index (χ0n) is 12.6. The fourth-order valence-corrected chi connectivity index (χ4v) is 2.39. The summed E-state index contributed by atoms with van der Waals surface area (Å²) in [7, 11) is 1.66. The Bertz CT molecular complexity index is 625. The lowest BCUT2D eigenvalue weighted by atomic mass is 10.1. The Morgan fingerprint density at radius 1 is 1.14 bits per heavy atom. The SMILES string of the molecule is COc1ccc2cc(N(CCCCN)C(C)=O)ccc2c1. The van der Waals surface area contributed by atoms with Gasteiger partial charge in [0.15, 0.2) is 0 Å². The zero-order chi connectivity index (χ0) is 15.2. The summed E-state index contributed by atoms with van der Waals surface area (Å²) in [6, 6.07) is 12.0. The van der Waals surface area contributed by atoms with Gasteiger partial charge in [0.25, 0.3) is 0 Å². The van der Waals surface area contributed by atoms with Crippen molar-refractivity contribution < 1.29 is 9.53 Å². The van der Waals surface area contributed by atoms with E-state index in [1.807, 2.05) is 36.4 Å². The van der Waals surface area contributed by atoms with E-state index in [1.54, 1.807) is 18.9 Å². The number of rotatable bonds is 6. The predicted octanol–water partition coefficient (Wildman–Crippen LogP) is 2.94. The van der Waals surface area contributed by atoms with Gasteiger partial charge in [-0.25, -0.2) is 0 Å². The van der Waals surface area contributed by atoms with Crippen LogP contribution in [0.3, 0.4) is 0 Å². The fraction of sp³-hybridized carbons (Fsp3) is 0.353. The van der Waals surface area contributed by atoms with E-state index >= 15 is 0 Å². The number of methoxy groups -OCH3 is 1. The van der Waals surface area contributed by atoms with Gasteiger partial charge in [0.2, 0.25) is 5.91 Å². The highest BCUT2D eigenvalue weighted by atomic mass is 16.5. The van der Waals surface area contributed by atoms with Crippen molar-refractivity contribution in [2.75, 3.05) is 25.1 Å². The molecule has 2 aromatic carbocycles. The summed E-state index contributed by atoms with van der Waals surface area (Å²) in [5, 5.41) is 2.20. The Hall–Kier alpha value is -2.07. The molecule has 2 rings (SSSR count). The third kappa shape index (κ3) is 3.73. The van der Waals surface area contributed by atoms with Crippen LogP contribution in [-0.4, -0.2) is 26.1 Å². The highest BCUT2D eigenvalue weighted by Crippen LogP contribution is 2.26. The van der Waals surface area contributed by atoms with Crippen LogP contribution in [0.4, 0.5) is 5.69 Å². The molecule has 0 fully saturated rings. The largest absolute Gasteiger partial charge is 0.497 e. The Labute approximate surface area is 125 Å². The molecule has 0 heterocycles. The Morgan fingerprint density at radius 2 is 1.86 bits per heavy atom. The van der Waals surface area contributed by atoms with E-state index in [4.69, 9.17) is 10.5 Å². The third-order valence-corrected chi connectivity index (χ3v) is 3.56. The molecule has 0 aliphatic rings. The first-order valence-corrected chi connectivity index (χ1v) is 7.21. The summed E-state index contributed by atoms with van der Waals surface area (Å²) >= 11 is 0. The number of hydrogen-bond acceptors (Lipinski definition) is 3. The van der Waals surface area contributed by atoms with Crippen molar-refractivity contribution in [1.29, 1.82) is 0 Å². The van der Waals surface area contributed by atoms with Crippen LogP contribution in [0.5, 0.6) is 5.75 Å². The number of nitrogens with zero attached hydrogens (tertiary/aromatic N) is 1. The highest BCUT2D eigenvalue weighted by Gasteiger charge is 2.11. The van der Waals surface area contributed by atoms with Gasteiger partial charge in [-0.15, -0.1) is 0 Å². The lowest BCUT2D eigenvalue weighted by molar-refractivity contribution is -0.116. The van der Waals surface area contributed by atoms with Gasteiger partial charge in [-0.1, -0.05) is 12.1 Å². The van der Waals surface area contributed by atoms with Crippen LogP contribution in [0.25, 0.3) is 10.8 Å². The molecule has 21 heavy (non-hydrogen) atoms. The molecule has 1 amide bonds. The average molecular weight is 286 g/mol. The second-order valence-electron chi connectivity index (χ2n) is 5.06. The van der Waals surface area contributed by atoms with Gasteiger partial charge in [-0.3, -0.25) is 4.79 Å². The Morgan fingerprint density at radius 3 is 2.52 bits per heavy atom. The number of ether oxygens (including phenoxy) is 1. The first kappa shape index (κ1) is 15.3. The fourth-order valence-electron chi connectivity index (χ4n) is 2.39.